The van der Waals surface area contributed by atoms with Gasteiger partial charge in [-0.15, -0.1) is 0 Å². The molecule has 0 spiro atoms. The first kappa shape index (κ1) is 43.4. The minimum atomic E-state index is -4.24. The van der Waals surface area contributed by atoms with Gasteiger partial charge in [-0.2, -0.15) is 18.0 Å². The predicted octanol–water partition coefficient (Wildman–Crippen LogP) is 3.76. The summed E-state index contributed by atoms with van der Waals surface area (Å²) < 4.78 is 65.1. The van der Waals surface area contributed by atoms with Gasteiger partial charge in [-0.3, -0.25) is 38.8 Å². The monoisotopic (exact) mass is 920 g/mol. The first-order valence-electron chi connectivity index (χ1n) is 21.9. The second-order valence-electron chi connectivity index (χ2n) is 17.4. The molecule has 342 valence electrons. The van der Waals surface area contributed by atoms with Crippen molar-refractivity contribution in [3.63, 3.8) is 0 Å². The molecule has 2 amide bonds. The molecule has 10 rings (SSSR count). The van der Waals surface area contributed by atoms with Gasteiger partial charge in [0.05, 0.1) is 28.3 Å². The van der Waals surface area contributed by atoms with E-state index in [2.05, 4.69) is 35.8 Å². The fourth-order valence-corrected chi connectivity index (χ4v) is 10.9. The van der Waals surface area contributed by atoms with Crippen LogP contribution in [-0.2, 0) is 26.3 Å². The number of anilines is 3. The van der Waals surface area contributed by atoms with E-state index in [1.807, 2.05) is 36.4 Å². The van der Waals surface area contributed by atoms with Crippen LogP contribution in [0.25, 0.3) is 16.6 Å². The molecule has 4 saturated heterocycles. The molecule has 5 aromatic rings. The quantitative estimate of drug-likeness (QED) is 0.162. The fraction of sp³-hybridized carbons (Fsp3) is 0.370. The van der Waals surface area contributed by atoms with Crippen molar-refractivity contribution >= 4 is 50.0 Å². The van der Waals surface area contributed by atoms with Crippen LogP contribution >= 0.6 is 0 Å². The zero-order valence-electron chi connectivity index (χ0n) is 35.6. The smallest absolute Gasteiger partial charge is 0.301 e. The predicted molar refractivity (Wildman–Crippen MR) is 240 cm³/mol. The van der Waals surface area contributed by atoms with E-state index in [1.54, 1.807) is 11.0 Å². The van der Waals surface area contributed by atoms with Gasteiger partial charge in [-0.25, -0.2) is 13.8 Å². The number of amides is 2. The van der Waals surface area contributed by atoms with Crippen molar-refractivity contribution in [2.75, 3.05) is 73.4 Å². The number of carbonyl (C=O) groups excluding carboxylic acids is 2. The molecule has 0 bridgehead atoms. The molecule has 4 aromatic carbocycles. The van der Waals surface area contributed by atoms with Crippen LogP contribution in [0.5, 0.6) is 11.5 Å². The summed E-state index contributed by atoms with van der Waals surface area (Å²) >= 11 is 0. The molecule has 6 heterocycles. The van der Waals surface area contributed by atoms with Crippen LogP contribution in [0.3, 0.4) is 0 Å². The van der Waals surface area contributed by atoms with Crippen molar-refractivity contribution in [1.82, 2.24) is 29.0 Å². The summed E-state index contributed by atoms with van der Waals surface area (Å²) in [7, 11) is -4.24. The average Bonchev–Trinajstić information content (AvgIpc) is 3.89. The average molecular weight is 921 g/mol. The number of halogens is 2. The van der Waals surface area contributed by atoms with E-state index < -0.39 is 51.3 Å². The normalized spacial score (nSPS) is 22.0. The number of piperidine rings is 1. The highest BCUT2D eigenvalue weighted by atomic mass is 32.2. The first-order chi connectivity index (χ1) is 31.8. The molecule has 17 nitrogen and oxygen atoms in total. The molecule has 20 heteroatoms. The number of hydrogen-bond donors (Lipinski definition) is 3. The molecule has 66 heavy (non-hydrogen) atoms. The number of fused-ring (bicyclic) bond motifs is 2. The van der Waals surface area contributed by atoms with Crippen LogP contribution in [0.1, 0.15) is 42.2 Å². The molecule has 1 aromatic heterocycles. The molecule has 4 fully saturated rings. The van der Waals surface area contributed by atoms with E-state index >= 15 is 4.39 Å². The third kappa shape index (κ3) is 8.32. The minimum absolute atomic E-state index is 0.0145. The number of benzene rings is 4. The van der Waals surface area contributed by atoms with Gasteiger partial charge >= 0.3 is 10.2 Å². The summed E-state index contributed by atoms with van der Waals surface area (Å²) in [6.45, 7) is 6.43. The molecular weight excluding hydrogens is 875 g/mol. The van der Waals surface area contributed by atoms with Gasteiger partial charge in [0.15, 0.2) is 11.6 Å². The molecule has 0 saturated carbocycles. The van der Waals surface area contributed by atoms with Gasteiger partial charge in [0.1, 0.15) is 36.1 Å². The number of aliphatic hydroxyl groups excluding tert-OH is 1. The number of hydrogen-bond acceptors (Lipinski definition) is 13. The van der Waals surface area contributed by atoms with Gasteiger partial charge in [0.2, 0.25) is 11.8 Å². The largest absolute Gasteiger partial charge is 0.453 e. The summed E-state index contributed by atoms with van der Waals surface area (Å²) in [4.78, 5) is 51.4. The van der Waals surface area contributed by atoms with Crippen molar-refractivity contribution < 1.29 is 36.6 Å². The molecule has 0 aliphatic carbocycles. The van der Waals surface area contributed by atoms with E-state index in [0.29, 0.717) is 30.1 Å². The third-order valence-corrected chi connectivity index (χ3v) is 14.7. The number of aromatic nitrogens is 2. The van der Waals surface area contributed by atoms with E-state index in [1.165, 1.54) is 29.1 Å². The third-order valence-electron chi connectivity index (χ3n) is 13.2. The summed E-state index contributed by atoms with van der Waals surface area (Å²) in [5.41, 5.74) is 3.79. The zero-order valence-corrected chi connectivity index (χ0v) is 36.5. The number of imide groups is 1. The number of alkyl halides is 1. The minimum Gasteiger partial charge on any atom is -0.453 e. The first-order valence-corrected chi connectivity index (χ1v) is 23.3. The van der Waals surface area contributed by atoms with Crippen molar-refractivity contribution in [3.05, 3.63) is 112 Å². The van der Waals surface area contributed by atoms with Crippen molar-refractivity contribution in [2.45, 2.75) is 44.2 Å². The lowest BCUT2D eigenvalue weighted by Crippen LogP contribution is -2.55. The lowest BCUT2D eigenvalue weighted by Gasteiger charge is -2.45. The number of nitrogens with zero attached hydrogens (tertiary/aromatic N) is 8. The van der Waals surface area contributed by atoms with Crippen molar-refractivity contribution in [1.29, 1.82) is 5.26 Å². The summed E-state index contributed by atoms with van der Waals surface area (Å²) in [5, 5.41) is 23.5. The van der Waals surface area contributed by atoms with Crippen LogP contribution < -0.4 is 30.1 Å². The molecule has 3 atom stereocenters. The lowest BCUT2D eigenvalue weighted by atomic mass is 9.97. The van der Waals surface area contributed by atoms with Gasteiger partial charge < -0.3 is 19.6 Å². The maximum atomic E-state index is 15.2. The van der Waals surface area contributed by atoms with Gasteiger partial charge in [0, 0.05) is 94.7 Å². The molecular formula is C46H46F2N10O7S. The van der Waals surface area contributed by atoms with E-state index in [4.69, 9.17) is 4.74 Å². The maximum Gasteiger partial charge on any atom is 0.301 e. The molecule has 5 aliphatic rings. The maximum absolute atomic E-state index is 15.2. The van der Waals surface area contributed by atoms with Gasteiger partial charge in [-0.1, -0.05) is 6.07 Å². The Morgan fingerprint density at radius 3 is 2.38 bits per heavy atom. The Kier molecular flexibility index (Phi) is 11.4. The Labute approximate surface area is 378 Å². The number of piperazine rings is 1. The lowest BCUT2D eigenvalue weighted by molar-refractivity contribution is -0.141. The van der Waals surface area contributed by atoms with Crippen molar-refractivity contribution in [2.24, 2.45) is 5.92 Å². The second kappa shape index (κ2) is 17.4. The Balaban J connectivity index is 0.741. The van der Waals surface area contributed by atoms with E-state index in [0.717, 1.165) is 84.8 Å². The van der Waals surface area contributed by atoms with E-state index in [9.17, 15) is 37.6 Å². The number of ether oxygens (including phenoxy) is 1. The van der Waals surface area contributed by atoms with Gasteiger partial charge in [0.25, 0.3) is 5.56 Å². The summed E-state index contributed by atoms with van der Waals surface area (Å²) in [5.74, 6) is -1.57. The molecule has 0 radical (unpaired) electrons. The second-order valence-corrected chi connectivity index (χ2v) is 19.1. The number of rotatable bonds is 11. The number of carbonyl (C=O) groups is 2. The van der Waals surface area contributed by atoms with Crippen LogP contribution in [0.15, 0.2) is 83.9 Å². The van der Waals surface area contributed by atoms with Crippen LogP contribution in [-0.4, -0.2) is 120 Å². The van der Waals surface area contributed by atoms with Crippen LogP contribution in [0, 0.1) is 23.1 Å². The van der Waals surface area contributed by atoms with Crippen LogP contribution in [0.4, 0.5) is 25.8 Å². The Morgan fingerprint density at radius 1 is 0.894 bits per heavy atom. The van der Waals surface area contributed by atoms with Crippen molar-refractivity contribution in [3.8, 4) is 23.3 Å². The molecule has 2 unspecified atom stereocenters. The van der Waals surface area contributed by atoms with E-state index in [-0.39, 0.29) is 54.6 Å². The highest BCUT2D eigenvalue weighted by Gasteiger charge is 2.40. The summed E-state index contributed by atoms with van der Waals surface area (Å²) in [6.07, 6.45) is -0.0566. The SMILES string of the molecule is N#Cc1c(NS(=O)(=O)N2CC[C@@H](F)C2)ccc(F)c1Oc1ccc2ncn(-c3ccc(N4CCN(CC5CN(c6ccc7c(c6)CN(C6CCC(=O)NC6=O)C7O)C5)CC4)cc3)c(=O)c2c1. The van der Waals surface area contributed by atoms with Gasteiger partial charge in [-0.05, 0) is 85.1 Å². The molecule has 5 aliphatic heterocycles. The number of aliphatic hydroxyl groups is 1. The van der Waals surface area contributed by atoms with Crippen LogP contribution in [0.2, 0.25) is 0 Å². The number of nitrogens with one attached hydrogen (secondary N) is 2. The Hall–Kier alpha value is -6.50. The number of nitriles is 1. The standard InChI is InChI=1S/C46H46F2N10O7S/c47-30-13-14-56(26-30)66(63,64)52-40-10-8-38(48)43(37(40)21-49)65-34-6-9-39-36(20-34)46(62)58(27-50-39)32-3-1-31(2-4-32)54-17-15-53(16-18-54)22-28-23-55(24-28)33-5-7-35-29(19-33)25-57(45(35)61)41-11-12-42(59)51-44(41)60/h1-10,19-20,27-28,30,41,45,52,61H,11-18,22-26H2,(H,51,59,60)/t30-,41?,45?/m1/s1. The Morgan fingerprint density at radius 2 is 1.65 bits per heavy atom. The highest BCUT2D eigenvalue weighted by Crippen LogP contribution is 2.39. The Bertz CT molecular complexity index is 2950. The fourth-order valence-electron chi connectivity index (χ4n) is 9.62. The highest BCUT2D eigenvalue weighted by molar-refractivity contribution is 7.90. The zero-order chi connectivity index (χ0) is 45.9. The topological polar surface area (TPSA) is 197 Å². The molecule has 3 N–H and O–H groups in total. The summed E-state index contributed by atoms with van der Waals surface area (Å²) in [6, 6.07) is 21.4.